The van der Waals surface area contributed by atoms with Crippen molar-refractivity contribution in [1.82, 2.24) is 9.80 Å². The van der Waals surface area contributed by atoms with Crippen LogP contribution in [-0.2, 0) is 38.9 Å². The number of carbonyl (C=O) groups excluding carboxylic acids is 4. The number of aliphatic carboxylic acids is 1. The molecule has 0 spiro atoms. The van der Waals surface area contributed by atoms with E-state index in [0.29, 0.717) is 13.0 Å². The Morgan fingerprint density at radius 1 is 1.00 bits per heavy atom. The molecule has 292 valence electrons. The molecular formula is C41H65N3O8. The number of hydrogen-bond donors (Lipinski definition) is 2. The fraction of sp³-hybridized carbons (Fsp3) is 0.732. The molecule has 1 aromatic rings. The van der Waals surface area contributed by atoms with Crippen molar-refractivity contribution >= 4 is 29.4 Å². The number of ether oxygens (including phenoxy) is 2. The van der Waals surface area contributed by atoms with Crippen molar-refractivity contribution in [3.8, 4) is 0 Å². The number of likely N-dealkylation sites (tertiary alicyclic amines) is 1. The number of nitrogens with zero attached hydrogens (tertiary/aromatic N) is 2. The van der Waals surface area contributed by atoms with Crippen LogP contribution in [0.2, 0.25) is 0 Å². The second-order valence-electron chi connectivity index (χ2n) is 16.4. The van der Waals surface area contributed by atoms with Gasteiger partial charge < -0.3 is 30.1 Å². The van der Waals surface area contributed by atoms with Gasteiger partial charge >= 0.3 is 5.97 Å². The average molecular weight is 728 g/mol. The fourth-order valence-corrected chi connectivity index (χ4v) is 8.32. The monoisotopic (exact) mass is 727 g/mol. The van der Waals surface area contributed by atoms with Crippen molar-refractivity contribution in [2.24, 2.45) is 35.3 Å². The van der Waals surface area contributed by atoms with E-state index in [4.69, 9.17) is 15.2 Å². The third-order valence-electron chi connectivity index (χ3n) is 12.1. The second-order valence-corrected chi connectivity index (χ2v) is 16.4. The van der Waals surface area contributed by atoms with Crippen LogP contribution >= 0.6 is 0 Å². The molecule has 3 N–H and O–H groups in total. The standard InChI is InChI=1S/C41H65N3O8/c1-11-26(4)36(43(8)38(48)29(25(2)3)22-34(46)40(6,7)42)33(51-9)24-35(47)44-21-15-18-31(44)37(52-10)27(5)32(45)23-30(39(49)50)41(19-20-41)28-16-13-12-14-17-28/h12-14,16-17,25-27,29-31,33,36-37H,11,15,18-24,42H2,1-10H3,(H,49,50). The van der Waals surface area contributed by atoms with Gasteiger partial charge in [-0.05, 0) is 56.9 Å². The average Bonchev–Trinajstić information content (AvgIpc) is 3.76. The van der Waals surface area contributed by atoms with Gasteiger partial charge in [0.2, 0.25) is 11.8 Å². The van der Waals surface area contributed by atoms with Gasteiger partial charge in [-0.1, -0.05) is 71.4 Å². The summed E-state index contributed by atoms with van der Waals surface area (Å²) in [6.45, 7) is 13.5. The van der Waals surface area contributed by atoms with Crippen LogP contribution in [0.25, 0.3) is 0 Å². The molecule has 2 fully saturated rings. The molecule has 8 atom stereocenters. The maximum atomic E-state index is 14.2. The van der Waals surface area contributed by atoms with E-state index in [1.165, 1.54) is 7.11 Å². The number of methoxy groups -OCH3 is 2. The number of Topliss-reactive ketones (excluding diaryl/α,β-unsaturated/α-hetero) is 2. The van der Waals surface area contributed by atoms with Gasteiger partial charge in [0.05, 0.1) is 42.2 Å². The van der Waals surface area contributed by atoms with Gasteiger partial charge in [-0.2, -0.15) is 0 Å². The number of carboxylic acids is 1. The molecule has 11 nitrogen and oxygen atoms in total. The van der Waals surface area contributed by atoms with Gasteiger partial charge in [-0.15, -0.1) is 0 Å². The zero-order valence-electron chi connectivity index (χ0n) is 33.2. The van der Waals surface area contributed by atoms with E-state index in [0.717, 1.165) is 31.2 Å². The Kier molecular flexibility index (Phi) is 15.2. The first-order valence-electron chi connectivity index (χ1n) is 19.1. The van der Waals surface area contributed by atoms with Crippen molar-refractivity contribution in [3.63, 3.8) is 0 Å². The molecule has 1 saturated heterocycles. The lowest BCUT2D eigenvalue weighted by atomic mass is 9.77. The molecule has 2 amide bonds. The first-order chi connectivity index (χ1) is 24.4. The third kappa shape index (κ3) is 9.88. The smallest absolute Gasteiger partial charge is 0.307 e. The highest BCUT2D eigenvalue weighted by Gasteiger charge is 2.55. The quantitative estimate of drug-likeness (QED) is 0.172. The number of amides is 2. The molecule has 1 aromatic carbocycles. The summed E-state index contributed by atoms with van der Waals surface area (Å²) >= 11 is 0. The Hall–Kier alpha value is -3.15. The lowest BCUT2D eigenvalue weighted by Crippen LogP contribution is -2.54. The molecule has 0 aromatic heterocycles. The normalized spacial score (nSPS) is 21.1. The Bertz CT molecular complexity index is 1390. The first-order valence-corrected chi connectivity index (χ1v) is 19.1. The van der Waals surface area contributed by atoms with Crippen molar-refractivity contribution in [2.45, 2.75) is 135 Å². The van der Waals surface area contributed by atoms with Crippen molar-refractivity contribution in [2.75, 3.05) is 27.8 Å². The molecule has 3 rings (SSSR count). The topological polar surface area (TPSA) is 157 Å². The minimum absolute atomic E-state index is 0.0141. The van der Waals surface area contributed by atoms with Crippen LogP contribution in [0.5, 0.6) is 0 Å². The number of carboxylic acid groups (broad SMARTS) is 1. The van der Waals surface area contributed by atoms with E-state index in [1.54, 1.807) is 44.7 Å². The Morgan fingerprint density at radius 2 is 1.62 bits per heavy atom. The second kappa shape index (κ2) is 18.3. The summed E-state index contributed by atoms with van der Waals surface area (Å²) in [6, 6.07) is 8.75. The summed E-state index contributed by atoms with van der Waals surface area (Å²) in [5, 5.41) is 10.3. The van der Waals surface area contributed by atoms with Crippen LogP contribution in [0.3, 0.4) is 0 Å². The van der Waals surface area contributed by atoms with Crippen molar-refractivity contribution < 1.29 is 38.6 Å². The number of hydrogen-bond acceptors (Lipinski definition) is 8. The molecular weight excluding hydrogens is 662 g/mol. The Balaban J connectivity index is 1.79. The first kappa shape index (κ1) is 43.3. The minimum Gasteiger partial charge on any atom is -0.481 e. The van der Waals surface area contributed by atoms with E-state index < -0.39 is 52.9 Å². The van der Waals surface area contributed by atoms with Crippen LogP contribution in [0, 0.1) is 29.6 Å². The van der Waals surface area contributed by atoms with E-state index in [1.807, 2.05) is 58.0 Å². The number of likely N-dealkylation sites (N-methyl/N-ethyl adjacent to an activating group) is 1. The highest BCUT2D eigenvalue weighted by Crippen LogP contribution is 2.55. The third-order valence-corrected chi connectivity index (χ3v) is 12.1. The minimum atomic E-state index is -1.06. The molecule has 0 bridgehead atoms. The van der Waals surface area contributed by atoms with Gasteiger partial charge in [0.1, 0.15) is 5.78 Å². The SMILES string of the molecule is CCC(C)C(C(CC(=O)N1CCCC1C(OC)C(C)C(=O)CC(C(=O)O)C1(c2ccccc2)CC1)OC)N(C)C(=O)C(CC(=O)C(C)(C)N)C(C)C. The maximum Gasteiger partial charge on any atom is 0.307 e. The van der Waals surface area contributed by atoms with Gasteiger partial charge in [-0.3, -0.25) is 24.0 Å². The zero-order chi connectivity index (χ0) is 39.1. The largest absolute Gasteiger partial charge is 0.481 e. The Labute approximate surface area is 311 Å². The number of ketones is 2. The van der Waals surface area contributed by atoms with Crippen LogP contribution < -0.4 is 5.73 Å². The molecule has 2 aliphatic rings. The molecule has 1 heterocycles. The summed E-state index contributed by atoms with van der Waals surface area (Å²) < 4.78 is 11.9. The highest BCUT2D eigenvalue weighted by molar-refractivity contribution is 5.92. The molecule has 1 saturated carbocycles. The van der Waals surface area contributed by atoms with Crippen LogP contribution in [0.4, 0.5) is 0 Å². The predicted molar refractivity (Wildman–Crippen MR) is 200 cm³/mol. The number of nitrogens with two attached hydrogens (primary N) is 1. The molecule has 8 unspecified atom stereocenters. The summed E-state index contributed by atoms with van der Waals surface area (Å²) in [5.74, 6) is -3.89. The van der Waals surface area contributed by atoms with Crippen LogP contribution in [-0.4, -0.2) is 102 Å². The van der Waals surface area contributed by atoms with Gasteiger partial charge in [0.25, 0.3) is 0 Å². The lowest BCUT2D eigenvalue weighted by molar-refractivity contribution is -0.149. The Morgan fingerprint density at radius 3 is 2.10 bits per heavy atom. The predicted octanol–water partition coefficient (Wildman–Crippen LogP) is 5.27. The van der Waals surface area contributed by atoms with Gasteiger partial charge in [0, 0.05) is 57.9 Å². The highest BCUT2D eigenvalue weighted by atomic mass is 16.5. The summed E-state index contributed by atoms with van der Waals surface area (Å²) in [6.07, 6.45) is 2.23. The molecule has 1 aliphatic heterocycles. The van der Waals surface area contributed by atoms with Gasteiger partial charge in [0.15, 0.2) is 5.78 Å². The van der Waals surface area contributed by atoms with Crippen molar-refractivity contribution in [1.29, 1.82) is 0 Å². The number of benzene rings is 1. The van der Waals surface area contributed by atoms with Crippen molar-refractivity contribution in [3.05, 3.63) is 35.9 Å². The summed E-state index contributed by atoms with van der Waals surface area (Å²) in [5.41, 5.74) is 5.42. The summed E-state index contributed by atoms with van der Waals surface area (Å²) in [7, 11) is 4.81. The van der Waals surface area contributed by atoms with E-state index in [-0.39, 0.29) is 60.5 Å². The van der Waals surface area contributed by atoms with Gasteiger partial charge in [-0.25, -0.2) is 0 Å². The number of rotatable bonds is 21. The zero-order valence-corrected chi connectivity index (χ0v) is 33.2. The maximum absolute atomic E-state index is 14.2. The fourth-order valence-electron chi connectivity index (χ4n) is 8.32. The van der Waals surface area contributed by atoms with E-state index in [9.17, 15) is 29.1 Å². The molecule has 1 aliphatic carbocycles. The summed E-state index contributed by atoms with van der Waals surface area (Å²) in [4.78, 5) is 71.0. The van der Waals surface area contributed by atoms with E-state index >= 15 is 0 Å². The van der Waals surface area contributed by atoms with Crippen LogP contribution in [0.1, 0.15) is 105 Å². The molecule has 0 radical (unpaired) electrons. The van der Waals surface area contributed by atoms with E-state index in [2.05, 4.69) is 0 Å². The van der Waals surface area contributed by atoms with Crippen LogP contribution in [0.15, 0.2) is 30.3 Å². The molecule has 52 heavy (non-hydrogen) atoms. The molecule has 11 heteroatoms. The number of carbonyl (C=O) groups is 5. The lowest BCUT2D eigenvalue weighted by Gasteiger charge is -2.41.